The van der Waals surface area contributed by atoms with Crippen LogP contribution in [0.15, 0.2) is 12.3 Å². The van der Waals surface area contributed by atoms with Crippen LogP contribution in [-0.2, 0) is 0 Å². The first-order valence-corrected chi connectivity index (χ1v) is 7.45. The van der Waals surface area contributed by atoms with Crippen molar-refractivity contribution in [1.82, 2.24) is 14.8 Å². The lowest BCUT2D eigenvalue weighted by molar-refractivity contribution is 0.0677. The van der Waals surface area contributed by atoms with E-state index >= 15 is 0 Å². The fourth-order valence-electron chi connectivity index (χ4n) is 2.68. The van der Waals surface area contributed by atoms with E-state index in [9.17, 15) is 4.79 Å². The first kappa shape index (κ1) is 16.0. The van der Waals surface area contributed by atoms with E-state index in [1.807, 2.05) is 4.90 Å². The van der Waals surface area contributed by atoms with Crippen molar-refractivity contribution in [3.8, 4) is 0 Å². The molecule has 1 amide bonds. The Balaban J connectivity index is 1.97. The molecular formula is C14H22ClN5O. The molecule has 0 saturated carbocycles. The van der Waals surface area contributed by atoms with Crippen molar-refractivity contribution in [2.24, 2.45) is 11.8 Å². The minimum atomic E-state index is -0.0173. The van der Waals surface area contributed by atoms with E-state index in [2.05, 4.69) is 29.4 Å². The SMILES string of the molecule is CN(C)CC1CCN(C(=O)c2cnc(NN)c(Cl)c2)CC1. The second kappa shape index (κ2) is 7.06. The third kappa shape index (κ3) is 4.06. The largest absolute Gasteiger partial charge is 0.339 e. The second-order valence-electron chi connectivity index (χ2n) is 5.70. The molecule has 0 radical (unpaired) electrons. The number of hydrogen-bond acceptors (Lipinski definition) is 5. The normalized spacial score (nSPS) is 16.3. The molecule has 7 heteroatoms. The van der Waals surface area contributed by atoms with Crippen LogP contribution in [0.2, 0.25) is 5.02 Å². The number of nitrogens with two attached hydrogens (primary N) is 1. The highest BCUT2D eigenvalue weighted by atomic mass is 35.5. The van der Waals surface area contributed by atoms with E-state index in [0.717, 1.165) is 32.5 Å². The number of amides is 1. The van der Waals surface area contributed by atoms with Gasteiger partial charge in [0, 0.05) is 25.8 Å². The van der Waals surface area contributed by atoms with Gasteiger partial charge in [-0.05, 0) is 38.9 Å². The lowest BCUT2D eigenvalue weighted by Crippen LogP contribution is -2.40. The van der Waals surface area contributed by atoms with Crippen LogP contribution >= 0.6 is 11.6 Å². The number of piperidine rings is 1. The van der Waals surface area contributed by atoms with E-state index in [-0.39, 0.29) is 5.91 Å². The minimum Gasteiger partial charge on any atom is -0.339 e. The summed E-state index contributed by atoms with van der Waals surface area (Å²) in [6.45, 7) is 2.64. The number of anilines is 1. The van der Waals surface area contributed by atoms with Crippen molar-refractivity contribution in [2.45, 2.75) is 12.8 Å². The Bertz CT molecular complexity index is 500. The number of rotatable bonds is 4. The summed E-state index contributed by atoms with van der Waals surface area (Å²) in [4.78, 5) is 20.6. The Morgan fingerprint density at radius 1 is 1.52 bits per heavy atom. The maximum absolute atomic E-state index is 12.4. The van der Waals surface area contributed by atoms with Gasteiger partial charge in [0.15, 0.2) is 5.82 Å². The molecule has 1 aliphatic rings. The average molecular weight is 312 g/mol. The summed E-state index contributed by atoms with van der Waals surface area (Å²) in [7, 11) is 4.16. The van der Waals surface area contributed by atoms with Crippen LogP contribution in [0.25, 0.3) is 0 Å². The molecule has 1 aromatic heterocycles. The minimum absolute atomic E-state index is 0.0173. The summed E-state index contributed by atoms with van der Waals surface area (Å²) in [5.74, 6) is 6.30. The quantitative estimate of drug-likeness (QED) is 0.650. The average Bonchev–Trinajstić information content (AvgIpc) is 2.46. The zero-order chi connectivity index (χ0) is 15.4. The molecule has 21 heavy (non-hydrogen) atoms. The predicted octanol–water partition coefficient (Wildman–Crippen LogP) is 1.43. The molecule has 3 N–H and O–H groups in total. The van der Waals surface area contributed by atoms with Crippen molar-refractivity contribution >= 4 is 23.3 Å². The fraction of sp³-hybridized carbons (Fsp3) is 0.571. The van der Waals surface area contributed by atoms with Crippen molar-refractivity contribution in [1.29, 1.82) is 0 Å². The highest BCUT2D eigenvalue weighted by Crippen LogP contribution is 2.22. The molecule has 0 spiro atoms. The van der Waals surface area contributed by atoms with Gasteiger partial charge in [0.25, 0.3) is 5.91 Å². The van der Waals surface area contributed by atoms with Gasteiger partial charge in [-0.1, -0.05) is 11.6 Å². The summed E-state index contributed by atoms with van der Waals surface area (Å²) in [6.07, 6.45) is 3.58. The molecule has 2 rings (SSSR count). The van der Waals surface area contributed by atoms with E-state index in [0.29, 0.717) is 22.3 Å². The summed E-state index contributed by atoms with van der Waals surface area (Å²) in [5, 5.41) is 0.353. The number of likely N-dealkylation sites (tertiary alicyclic amines) is 1. The molecule has 0 atom stereocenters. The van der Waals surface area contributed by atoms with Crippen molar-refractivity contribution < 1.29 is 4.79 Å². The van der Waals surface area contributed by atoms with Crippen LogP contribution in [0.3, 0.4) is 0 Å². The van der Waals surface area contributed by atoms with Crippen LogP contribution < -0.4 is 11.3 Å². The summed E-state index contributed by atoms with van der Waals surface area (Å²) in [5.41, 5.74) is 2.90. The van der Waals surface area contributed by atoms with Crippen molar-refractivity contribution in [3.63, 3.8) is 0 Å². The number of nitrogens with zero attached hydrogens (tertiary/aromatic N) is 3. The lowest BCUT2D eigenvalue weighted by Gasteiger charge is -2.33. The van der Waals surface area contributed by atoms with Crippen LogP contribution in [-0.4, -0.2) is 54.4 Å². The molecule has 6 nitrogen and oxygen atoms in total. The van der Waals surface area contributed by atoms with Gasteiger partial charge in [-0.25, -0.2) is 10.8 Å². The number of nitrogen functional groups attached to an aromatic ring is 1. The molecule has 116 valence electrons. The summed E-state index contributed by atoms with van der Waals surface area (Å²) >= 11 is 6.01. The number of nitrogens with one attached hydrogen (secondary N) is 1. The van der Waals surface area contributed by atoms with Gasteiger partial charge in [0.05, 0.1) is 10.6 Å². The zero-order valence-corrected chi connectivity index (χ0v) is 13.2. The van der Waals surface area contributed by atoms with Gasteiger partial charge < -0.3 is 15.2 Å². The Morgan fingerprint density at radius 3 is 2.71 bits per heavy atom. The fourth-order valence-corrected chi connectivity index (χ4v) is 2.90. The third-order valence-corrected chi connectivity index (χ3v) is 4.04. The van der Waals surface area contributed by atoms with Gasteiger partial charge in [-0.3, -0.25) is 4.79 Å². The first-order chi connectivity index (χ1) is 10.0. The molecule has 1 fully saturated rings. The van der Waals surface area contributed by atoms with Gasteiger partial charge in [-0.15, -0.1) is 0 Å². The van der Waals surface area contributed by atoms with Gasteiger partial charge in [0.2, 0.25) is 0 Å². The highest BCUT2D eigenvalue weighted by molar-refractivity contribution is 6.33. The number of hydrogen-bond donors (Lipinski definition) is 2. The molecule has 0 bridgehead atoms. The number of aromatic nitrogens is 1. The number of pyridine rings is 1. The summed E-state index contributed by atoms with van der Waals surface area (Å²) < 4.78 is 0. The number of hydrazine groups is 1. The first-order valence-electron chi connectivity index (χ1n) is 7.07. The topological polar surface area (TPSA) is 74.5 Å². The van der Waals surface area contributed by atoms with E-state index in [1.54, 1.807) is 6.07 Å². The lowest BCUT2D eigenvalue weighted by atomic mass is 9.96. The molecule has 0 aliphatic carbocycles. The van der Waals surface area contributed by atoms with E-state index in [1.165, 1.54) is 6.20 Å². The Kier molecular flexibility index (Phi) is 5.39. The Labute approximate surface area is 130 Å². The Morgan fingerprint density at radius 2 is 2.19 bits per heavy atom. The molecule has 2 heterocycles. The van der Waals surface area contributed by atoms with Gasteiger partial charge in [-0.2, -0.15) is 0 Å². The van der Waals surface area contributed by atoms with Crippen LogP contribution in [0.1, 0.15) is 23.2 Å². The van der Waals surface area contributed by atoms with E-state index in [4.69, 9.17) is 17.4 Å². The van der Waals surface area contributed by atoms with Gasteiger partial charge >= 0.3 is 0 Å². The molecular weight excluding hydrogens is 290 g/mol. The molecule has 0 unspecified atom stereocenters. The molecule has 0 aromatic carbocycles. The van der Waals surface area contributed by atoms with Crippen molar-refractivity contribution in [2.75, 3.05) is 39.2 Å². The third-order valence-electron chi connectivity index (χ3n) is 3.75. The molecule has 1 aliphatic heterocycles. The van der Waals surface area contributed by atoms with Crippen LogP contribution in [0.5, 0.6) is 0 Å². The monoisotopic (exact) mass is 311 g/mol. The Hall–Kier alpha value is -1.37. The smallest absolute Gasteiger partial charge is 0.255 e. The molecule has 1 saturated heterocycles. The van der Waals surface area contributed by atoms with Crippen LogP contribution in [0.4, 0.5) is 5.82 Å². The standard InChI is InChI=1S/C14H22ClN5O/c1-19(2)9-10-3-5-20(6-4-10)14(21)11-7-12(15)13(18-16)17-8-11/h7-8,10H,3-6,9,16H2,1-2H3,(H,17,18). The zero-order valence-electron chi connectivity index (χ0n) is 12.5. The number of carbonyl (C=O) groups excluding carboxylic acids is 1. The maximum Gasteiger partial charge on any atom is 0.255 e. The maximum atomic E-state index is 12.4. The van der Waals surface area contributed by atoms with E-state index < -0.39 is 0 Å². The second-order valence-corrected chi connectivity index (χ2v) is 6.10. The number of halogens is 1. The predicted molar refractivity (Wildman–Crippen MR) is 84.2 cm³/mol. The molecule has 1 aromatic rings. The van der Waals surface area contributed by atoms with Crippen molar-refractivity contribution in [3.05, 3.63) is 22.8 Å². The van der Waals surface area contributed by atoms with Gasteiger partial charge in [0.1, 0.15) is 0 Å². The highest BCUT2D eigenvalue weighted by Gasteiger charge is 2.24. The summed E-state index contributed by atoms with van der Waals surface area (Å²) in [6, 6.07) is 1.61. The number of carbonyl (C=O) groups is 1. The van der Waals surface area contributed by atoms with Crippen LogP contribution in [0, 0.1) is 5.92 Å².